The maximum Gasteiger partial charge on any atom is 0.140 e. The molecule has 0 atom stereocenters. The fourth-order valence-corrected chi connectivity index (χ4v) is 3.37. The molecule has 0 radical (unpaired) electrons. The molecule has 0 amide bonds. The van der Waals surface area contributed by atoms with Crippen molar-refractivity contribution in [1.29, 1.82) is 5.41 Å². The van der Waals surface area contributed by atoms with Crippen LogP contribution in [0.3, 0.4) is 0 Å². The van der Waals surface area contributed by atoms with Crippen LogP contribution in [0, 0.1) is 11.2 Å². The highest BCUT2D eigenvalue weighted by molar-refractivity contribution is 6.04. The molecule has 0 fully saturated rings. The first-order valence-corrected chi connectivity index (χ1v) is 8.68. The number of hydrogen-bond acceptors (Lipinski definition) is 6. The van der Waals surface area contributed by atoms with E-state index < -0.39 is 0 Å². The molecule has 2 heterocycles. The van der Waals surface area contributed by atoms with Crippen molar-refractivity contribution < 1.29 is 4.39 Å². The Hall–Kier alpha value is -3.22. The van der Waals surface area contributed by atoms with Gasteiger partial charge in [0.15, 0.2) is 0 Å². The molecule has 1 aliphatic rings. The monoisotopic (exact) mass is 366 g/mol. The molecule has 6 nitrogen and oxygen atoms in total. The van der Waals surface area contributed by atoms with Gasteiger partial charge in [-0.1, -0.05) is 18.7 Å². The normalized spacial score (nSPS) is 13.4. The fraction of sp³-hybridized carbons (Fsp3) is 0.250. The molecule has 0 bridgehead atoms. The average Bonchev–Trinajstić information content (AvgIpc) is 2.59. The molecule has 1 aromatic carbocycles. The van der Waals surface area contributed by atoms with Crippen molar-refractivity contribution in [3.05, 3.63) is 59.3 Å². The quantitative estimate of drug-likeness (QED) is 0.702. The van der Waals surface area contributed by atoms with Gasteiger partial charge in [-0.25, -0.2) is 14.4 Å². The van der Waals surface area contributed by atoms with E-state index in [1.54, 1.807) is 13.0 Å². The topological polar surface area (TPSA) is 90.9 Å². The summed E-state index contributed by atoms with van der Waals surface area (Å²) < 4.78 is 14.3. The second-order valence-electron chi connectivity index (χ2n) is 6.71. The second-order valence-corrected chi connectivity index (χ2v) is 6.71. The van der Waals surface area contributed by atoms with Crippen LogP contribution in [0.4, 0.5) is 16.0 Å². The van der Waals surface area contributed by atoms with Gasteiger partial charge in [-0.15, -0.1) is 0 Å². The Morgan fingerprint density at radius 2 is 2.11 bits per heavy atom. The number of nitrogens with zero attached hydrogens (tertiary/aromatic N) is 3. The summed E-state index contributed by atoms with van der Waals surface area (Å²) in [5.41, 5.74) is 9.53. The summed E-state index contributed by atoms with van der Waals surface area (Å²) in [7, 11) is 0. The summed E-state index contributed by atoms with van der Waals surface area (Å²) in [6, 6.07) is 5.10. The van der Waals surface area contributed by atoms with Crippen molar-refractivity contribution in [3.8, 4) is 0 Å². The lowest BCUT2D eigenvalue weighted by Crippen LogP contribution is -2.34. The lowest BCUT2D eigenvalue weighted by Gasteiger charge is -2.37. The van der Waals surface area contributed by atoms with E-state index in [1.165, 1.54) is 12.4 Å². The van der Waals surface area contributed by atoms with E-state index in [4.69, 9.17) is 11.1 Å². The van der Waals surface area contributed by atoms with E-state index >= 15 is 0 Å². The SMILES string of the molecule is C=C1c2c(F)cccc2C=C(CNc2ncnc(N)c2C(C)=N)N1C(C)C. The smallest absolute Gasteiger partial charge is 0.140 e. The van der Waals surface area contributed by atoms with E-state index in [2.05, 4.69) is 21.9 Å². The van der Waals surface area contributed by atoms with Gasteiger partial charge in [-0.3, -0.25) is 0 Å². The number of anilines is 2. The Kier molecular flexibility index (Phi) is 4.94. The van der Waals surface area contributed by atoms with E-state index in [0.717, 1.165) is 11.3 Å². The Bertz CT molecular complexity index is 947. The number of aromatic nitrogens is 2. The molecule has 0 saturated heterocycles. The van der Waals surface area contributed by atoms with Crippen LogP contribution in [0.5, 0.6) is 0 Å². The molecular formula is C20H23FN6. The summed E-state index contributed by atoms with van der Waals surface area (Å²) in [6.45, 7) is 10.2. The highest BCUT2D eigenvalue weighted by Crippen LogP contribution is 2.35. The third-order valence-corrected chi connectivity index (χ3v) is 4.46. The van der Waals surface area contributed by atoms with Crippen LogP contribution in [0.1, 0.15) is 37.5 Å². The second kappa shape index (κ2) is 7.19. The van der Waals surface area contributed by atoms with Gasteiger partial charge in [0.1, 0.15) is 23.8 Å². The van der Waals surface area contributed by atoms with Crippen LogP contribution in [0.2, 0.25) is 0 Å². The molecule has 27 heavy (non-hydrogen) atoms. The third-order valence-electron chi connectivity index (χ3n) is 4.46. The zero-order chi connectivity index (χ0) is 19.7. The van der Waals surface area contributed by atoms with Crippen LogP contribution in [-0.4, -0.2) is 33.2 Å². The number of benzene rings is 1. The van der Waals surface area contributed by atoms with Crippen LogP contribution in [0.25, 0.3) is 11.8 Å². The standard InChI is InChI=1S/C20H23FN6/c1-11(2)27-13(4)18-14(6-5-7-16(18)21)8-15(27)9-24-20-17(12(3)22)19(23)25-10-26-20/h5-8,10-11,22H,4,9H2,1-3H3,(H3,23,24,25,26). The van der Waals surface area contributed by atoms with Crippen LogP contribution in [0.15, 0.2) is 36.8 Å². The van der Waals surface area contributed by atoms with Gasteiger partial charge in [0.05, 0.1) is 12.1 Å². The van der Waals surface area contributed by atoms with E-state index in [9.17, 15) is 4.39 Å². The zero-order valence-corrected chi connectivity index (χ0v) is 15.7. The van der Waals surface area contributed by atoms with Crippen molar-refractivity contribution >= 4 is 29.1 Å². The lowest BCUT2D eigenvalue weighted by atomic mass is 9.96. The van der Waals surface area contributed by atoms with Crippen molar-refractivity contribution in [3.63, 3.8) is 0 Å². The molecule has 0 saturated carbocycles. The fourth-order valence-electron chi connectivity index (χ4n) is 3.37. The number of nitrogens with two attached hydrogens (primary N) is 1. The number of fused-ring (bicyclic) bond motifs is 1. The van der Waals surface area contributed by atoms with Crippen LogP contribution < -0.4 is 11.1 Å². The summed E-state index contributed by atoms with van der Waals surface area (Å²) in [6.07, 6.45) is 3.31. The predicted molar refractivity (Wildman–Crippen MR) is 108 cm³/mol. The Morgan fingerprint density at radius 1 is 1.37 bits per heavy atom. The lowest BCUT2D eigenvalue weighted by molar-refractivity contribution is 0.400. The van der Waals surface area contributed by atoms with Gasteiger partial charge in [-0.2, -0.15) is 0 Å². The zero-order valence-electron chi connectivity index (χ0n) is 15.7. The van der Waals surface area contributed by atoms with Crippen LogP contribution in [-0.2, 0) is 0 Å². The largest absolute Gasteiger partial charge is 0.383 e. The molecule has 0 spiro atoms. The highest BCUT2D eigenvalue weighted by Gasteiger charge is 2.26. The number of hydrogen-bond donors (Lipinski definition) is 3. The van der Waals surface area contributed by atoms with Gasteiger partial charge in [0.25, 0.3) is 0 Å². The molecule has 2 aromatic rings. The summed E-state index contributed by atoms with van der Waals surface area (Å²) in [5.74, 6) is 0.474. The van der Waals surface area contributed by atoms with Gasteiger partial charge in [-0.05, 0) is 38.5 Å². The van der Waals surface area contributed by atoms with E-state index in [1.807, 2.05) is 30.9 Å². The summed E-state index contributed by atoms with van der Waals surface area (Å²) in [5, 5.41) is 11.2. The molecule has 1 aliphatic heterocycles. The number of nitrogens with one attached hydrogen (secondary N) is 2. The number of rotatable bonds is 5. The summed E-state index contributed by atoms with van der Waals surface area (Å²) >= 11 is 0. The van der Waals surface area contributed by atoms with Crippen molar-refractivity contribution in [2.75, 3.05) is 17.6 Å². The van der Waals surface area contributed by atoms with Gasteiger partial charge in [0.2, 0.25) is 0 Å². The molecular weight excluding hydrogens is 343 g/mol. The van der Waals surface area contributed by atoms with Crippen molar-refractivity contribution in [2.24, 2.45) is 0 Å². The number of halogens is 1. The minimum atomic E-state index is -0.281. The molecule has 3 rings (SSSR count). The Balaban J connectivity index is 1.97. The molecule has 0 unspecified atom stereocenters. The maximum atomic E-state index is 14.3. The first-order chi connectivity index (χ1) is 12.8. The molecule has 7 heteroatoms. The molecule has 4 N–H and O–H groups in total. The Labute approximate surface area is 158 Å². The first kappa shape index (κ1) is 18.6. The first-order valence-electron chi connectivity index (χ1n) is 8.68. The van der Waals surface area contributed by atoms with Gasteiger partial charge >= 0.3 is 0 Å². The van der Waals surface area contributed by atoms with Gasteiger partial charge in [0, 0.05) is 28.7 Å². The van der Waals surface area contributed by atoms with E-state index in [-0.39, 0.29) is 23.4 Å². The molecule has 0 aliphatic carbocycles. The minimum absolute atomic E-state index is 0.0951. The molecule has 1 aromatic heterocycles. The third kappa shape index (κ3) is 3.40. The maximum absolute atomic E-state index is 14.3. The Morgan fingerprint density at radius 3 is 2.78 bits per heavy atom. The average molecular weight is 366 g/mol. The van der Waals surface area contributed by atoms with Gasteiger partial charge < -0.3 is 21.4 Å². The van der Waals surface area contributed by atoms with Crippen molar-refractivity contribution in [1.82, 2.24) is 14.9 Å². The predicted octanol–water partition coefficient (Wildman–Crippen LogP) is 3.73. The van der Waals surface area contributed by atoms with Crippen LogP contribution >= 0.6 is 0 Å². The minimum Gasteiger partial charge on any atom is -0.383 e. The summed E-state index contributed by atoms with van der Waals surface area (Å²) in [4.78, 5) is 10.2. The van der Waals surface area contributed by atoms with Crippen molar-refractivity contribution in [2.45, 2.75) is 26.8 Å². The highest BCUT2D eigenvalue weighted by atomic mass is 19.1. The van der Waals surface area contributed by atoms with E-state index in [0.29, 0.717) is 29.2 Å². The molecule has 140 valence electrons. The number of nitrogen functional groups attached to an aromatic ring is 1.